The minimum Gasteiger partial charge on any atom is -0.468 e. The smallest absolute Gasteiger partial charge is 0.408 e. The van der Waals surface area contributed by atoms with E-state index in [1.807, 2.05) is 30.3 Å². The van der Waals surface area contributed by atoms with Crippen LogP contribution in [0, 0.1) is 0 Å². The Morgan fingerprint density at radius 1 is 1.15 bits per heavy atom. The second-order valence-electron chi connectivity index (χ2n) is 5.75. The van der Waals surface area contributed by atoms with Gasteiger partial charge in [0.2, 0.25) is 0 Å². The fourth-order valence-electron chi connectivity index (χ4n) is 2.52. The number of nitrogens with one attached hydrogen (secondary N) is 1. The molecule has 1 aliphatic rings. The van der Waals surface area contributed by atoms with E-state index in [-0.39, 0.29) is 19.3 Å². The van der Waals surface area contributed by atoms with Crippen LogP contribution in [0.15, 0.2) is 54.6 Å². The molecule has 0 spiro atoms. The molecule has 2 aromatic carbocycles. The molecule has 26 heavy (non-hydrogen) atoms. The molecule has 1 N–H and O–H groups in total. The fraction of sp³-hybridized carbons (Fsp3) is 0.263. The van der Waals surface area contributed by atoms with E-state index in [2.05, 4.69) is 5.32 Å². The number of amides is 2. The Morgan fingerprint density at radius 3 is 2.54 bits per heavy atom. The van der Waals surface area contributed by atoms with Crippen LogP contribution in [-0.2, 0) is 20.9 Å². The molecular formula is C19H20N2O5. The molecule has 3 rings (SSSR count). The molecule has 0 saturated carbocycles. The van der Waals surface area contributed by atoms with E-state index in [0.717, 1.165) is 11.3 Å². The van der Waals surface area contributed by atoms with Crippen molar-refractivity contribution in [3.05, 3.63) is 60.2 Å². The Hall–Kier alpha value is -3.06. The Labute approximate surface area is 151 Å². The van der Waals surface area contributed by atoms with Crippen molar-refractivity contribution < 1.29 is 23.8 Å². The van der Waals surface area contributed by atoms with Crippen LogP contribution < -0.4 is 15.0 Å². The lowest BCUT2D eigenvalue weighted by Crippen LogP contribution is -2.64. The third kappa shape index (κ3) is 4.31. The molecule has 1 atom stereocenters. The van der Waals surface area contributed by atoms with Crippen molar-refractivity contribution in [1.82, 2.24) is 5.32 Å². The second kappa shape index (κ2) is 8.35. The van der Waals surface area contributed by atoms with Gasteiger partial charge in [-0.15, -0.1) is 0 Å². The van der Waals surface area contributed by atoms with Gasteiger partial charge >= 0.3 is 6.09 Å². The van der Waals surface area contributed by atoms with Crippen molar-refractivity contribution >= 4 is 17.7 Å². The molecule has 1 aliphatic heterocycles. The van der Waals surface area contributed by atoms with Gasteiger partial charge in [-0.3, -0.25) is 4.79 Å². The van der Waals surface area contributed by atoms with Crippen molar-refractivity contribution in [3.8, 4) is 5.75 Å². The molecule has 7 nitrogen and oxygen atoms in total. The summed E-state index contributed by atoms with van der Waals surface area (Å²) in [5.74, 6) is 0.481. The number of benzene rings is 2. The van der Waals surface area contributed by atoms with Gasteiger partial charge in [0.15, 0.2) is 6.79 Å². The number of carbonyl (C=O) groups excluding carboxylic acids is 2. The van der Waals surface area contributed by atoms with E-state index in [9.17, 15) is 9.59 Å². The monoisotopic (exact) mass is 356 g/mol. The Bertz CT molecular complexity index is 748. The van der Waals surface area contributed by atoms with Crippen LogP contribution in [-0.4, -0.2) is 38.5 Å². The summed E-state index contributed by atoms with van der Waals surface area (Å²) >= 11 is 0. The summed E-state index contributed by atoms with van der Waals surface area (Å²) in [5, 5.41) is 2.58. The number of nitrogens with zero attached hydrogens (tertiary/aromatic N) is 1. The quantitative estimate of drug-likeness (QED) is 0.608. The number of hydrogen-bond acceptors (Lipinski definition) is 5. The molecule has 1 fully saturated rings. The first-order valence-corrected chi connectivity index (χ1v) is 8.18. The molecule has 1 unspecified atom stereocenters. The van der Waals surface area contributed by atoms with E-state index in [0.29, 0.717) is 12.3 Å². The van der Waals surface area contributed by atoms with Gasteiger partial charge in [0.25, 0.3) is 5.91 Å². The fourth-order valence-corrected chi connectivity index (χ4v) is 2.52. The number of β-lactam (4-membered cyclic amide) rings is 1. The molecule has 2 aromatic rings. The predicted molar refractivity (Wildman–Crippen MR) is 94.8 cm³/mol. The molecule has 0 bridgehead atoms. The highest BCUT2D eigenvalue weighted by Crippen LogP contribution is 2.24. The van der Waals surface area contributed by atoms with E-state index in [1.54, 1.807) is 36.3 Å². The Kier molecular flexibility index (Phi) is 5.70. The topological polar surface area (TPSA) is 77.1 Å². The zero-order valence-corrected chi connectivity index (χ0v) is 14.4. The summed E-state index contributed by atoms with van der Waals surface area (Å²) in [7, 11) is 1.55. The molecule has 1 heterocycles. The number of rotatable bonds is 7. The summed E-state index contributed by atoms with van der Waals surface area (Å²) in [6.45, 7) is 0.733. The molecule has 0 aliphatic carbocycles. The summed E-state index contributed by atoms with van der Waals surface area (Å²) in [6.07, 6.45) is -0.602. The van der Waals surface area contributed by atoms with Gasteiger partial charge in [-0.2, -0.15) is 0 Å². The average Bonchev–Trinajstić information content (AvgIpc) is 2.69. The summed E-state index contributed by atoms with van der Waals surface area (Å²) < 4.78 is 15.3. The van der Waals surface area contributed by atoms with Crippen LogP contribution in [0.25, 0.3) is 0 Å². The number of carbonyl (C=O) groups is 2. The van der Waals surface area contributed by atoms with Gasteiger partial charge in [0.1, 0.15) is 18.4 Å². The van der Waals surface area contributed by atoms with Gasteiger partial charge < -0.3 is 24.4 Å². The van der Waals surface area contributed by atoms with Gasteiger partial charge in [0.05, 0.1) is 6.54 Å². The highest BCUT2D eigenvalue weighted by Gasteiger charge is 2.39. The van der Waals surface area contributed by atoms with Crippen LogP contribution in [0.1, 0.15) is 5.56 Å². The van der Waals surface area contributed by atoms with Crippen molar-refractivity contribution in [2.24, 2.45) is 0 Å². The lowest BCUT2D eigenvalue weighted by Gasteiger charge is -2.38. The number of methoxy groups -OCH3 is 1. The molecule has 7 heteroatoms. The van der Waals surface area contributed by atoms with Crippen molar-refractivity contribution in [1.29, 1.82) is 0 Å². The summed E-state index contributed by atoms with van der Waals surface area (Å²) in [4.78, 5) is 25.6. The third-order valence-electron chi connectivity index (χ3n) is 3.93. The summed E-state index contributed by atoms with van der Waals surface area (Å²) in [6, 6.07) is 15.9. The molecular weight excluding hydrogens is 336 g/mol. The van der Waals surface area contributed by atoms with Crippen LogP contribution in [0.2, 0.25) is 0 Å². The molecule has 2 amide bonds. The number of anilines is 1. The predicted octanol–water partition coefficient (Wildman–Crippen LogP) is 2.31. The standard InChI is InChI=1S/C19H20N2O5/c1-24-13-26-16-9-7-15(8-10-16)21-11-17(18(21)22)20-19(23)25-12-14-5-3-2-4-6-14/h2-10,17H,11-13H2,1H3,(H,20,23). The summed E-state index contributed by atoms with van der Waals surface area (Å²) in [5.41, 5.74) is 1.63. The number of ether oxygens (including phenoxy) is 3. The minimum absolute atomic E-state index is 0.166. The first kappa shape index (κ1) is 17.8. The second-order valence-corrected chi connectivity index (χ2v) is 5.75. The van der Waals surface area contributed by atoms with Gasteiger partial charge in [-0.05, 0) is 29.8 Å². The lowest BCUT2D eigenvalue weighted by molar-refractivity contribution is -0.124. The number of hydrogen-bond donors (Lipinski definition) is 1. The molecule has 0 aromatic heterocycles. The van der Waals surface area contributed by atoms with Gasteiger partial charge in [0, 0.05) is 12.8 Å². The zero-order valence-electron chi connectivity index (χ0n) is 14.4. The maximum atomic E-state index is 12.2. The minimum atomic E-state index is -0.602. The first-order valence-electron chi connectivity index (χ1n) is 8.18. The van der Waals surface area contributed by atoms with E-state index >= 15 is 0 Å². The maximum absolute atomic E-state index is 12.2. The number of alkyl carbamates (subject to hydrolysis) is 1. The van der Waals surface area contributed by atoms with Crippen molar-refractivity contribution in [2.75, 3.05) is 25.3 Å². The van der Waals surface area contributed by atoms with Crippen LogP contribution >= 0.6 is 0 Å². The largest absolute Gasteiger partial charge is 0.468 e. The average molecular weight is 356 g/mol. The van der Waals surface area contributed by atoms with E-state index < -0.39 is 12.1 Å². The highest BCUT2D eigenvalue weighted by molar-refractivity contribution is 6.05. The Morgan fingerprint density at radius 2 is 1.88 bits per heavy atom. The van der Waals surface area contributed by atoms with Crippen molar-refractivity contribution in [3.63, 3.8) is 0 Å². The Balaban J connectivity index is 1.45. The molecule has 0 radical (unpaired) electrons. The molecule has 1 saturated heterocycles. The van der Waals surface area contributed by atoms with Gasteiger partial charge in [-0.1, -0.05) is 30.3 Å². The van der Waals surface area contributed by atoms with Gasteiger partial charge in [-0.25, -0.2) is 4.79 Å². The first-order chi connectivity index (χ1) is 12.7. The molecule has 136 valence electrons. The van der Waals surface area contributed by atoms with Crippen molar-refractivity contribution in [2.45, 2.75) is 12.6 Å². The van der Waals surface area contributed by atoms with E-state index in [1.165, 1.54) is 0 Å². The van der Waals surface area contributed by atoms with Crippen LogP contribution in [0.5, 0.6) is 5.75 Å². The highest BCUT2D eigenvalue weighted by atomic mass is 16.7. The maximum Gasteiger partial charge on any atom is 0.408 e. The van der Waals surface area contributed by atoms with Crippen LogP contribution in [0.4, 0.5) is 10.5 Å². The SMILES string of the molecule is COCOc1ccc(N2CC(NC(=O)OCc3ccccc3)C2=O)cc1. The third-order valence-corrected chi connectivity index (χ3v) is 3.93. The normalized spacial score (nSPS) is 16.0. The van der Waals surface area contributed by atoms with E-state index in [4.69, 9.17) is 14.2 Å². The zero-order chi connectivity index (χ0) is 18.4. The van der Waals surface area contributed by atoms with Crippen LogP contribution in [0.3, 0.4) is 0 Å². The lowest BCUT2D eigenvalue weighted by atomic mass is 10.1.